The molecule has 2 N–H and O–H groups in total. The van der Waals surface area contributed by atoms with E-state index >= 15 is 0 Å². The molecule has 0 saturated heterocycles. The van der Waals surface area contributed by atoms with Crippen molar-refractivity contribution in [3.63, 3.8) is 0 Å². The molecule has 18 heavy (non-hydrogen) atoms. The third-order valence-corrected chi connectivity index (χ3v) is 2.88. The molecule has 0 fully saturated rings. The molecule has 6 heteroatoms. The number of H-pyrrole nitrogens is 1. The van der Waals surface area contributed by atoms with Crippen molar-refractivity contribution in [3.8, 4) is 0 Å². The zero-order valence-electron chi connectivity index (χ0n) is 10.1. The lowest BCUT2D eigenvalue weighted by molar-refractivity contribution is 0.0950. The Kier molecular flexibility index (Phi) is 3.62. The monoisotopic (exact) mass is 264 g/mol. The Labute approximate surface area is 110 Å². The average molecular weight is 265 g/mol. The Morgan fingerprint density at radius 2 is 2.22 bits per heavy atom. The second-order valence-electron chi connectivity index (χ2n) is 3.99. The number of halogens is 1. The van der Waals surface area contributed by atoms with Gasteiger partial charge < -0.3 is 5.32 Å². The van der Waals surface area contributed by atoms with Crippen LogP contribution in [0.3, 0.4) is 0 Å². The normalized spacial score (nSPS) is 10.4. The fourth-order valence-corrected chi connectivity index (χ4v) is 1.82. The lowest BCUT2D eigenvalue weighted by Gasteiger charge is -2.05. The number of carbonyl (C=O) groups excluding carboxylic acids is 1. The first-order valence-corrected chi connectivity index (χ1v) is 5.85. The van der Waals surface area contributed by atoms with Crippen molar-refractivity contribution in [2.75, 3.05) is 0 Å². The van der Waals surface area contributed by atoms with E-state index in [1.165, 1.54) is 12.4 Å². The zero-order chi connectivity index (χ0) is 13.1. The molecule has 0 aliphatic carbocycles. The predicted molar refractivity (Wildman–Crippen MR) is 68.5 cm³/mol. The lowest BCUT2D eigenvalue weighted by atomic mass is 10.2. The topological polar surface area (TPSA) is 70.7 Å². The summed E-state index contributed by atoms with van der Waals surface area (Å²) in [5.41, 5.74) is 3.29. The van der Waals surface area contributed by atoms with Crippen LogP contribution in [0.4, 0.5) is 0 Å². The third-order valence-electron chi connectivity index (χ3n) is 2.67. The van der Waals surface area contributed by atoms with E-state index in [9.17, 15) is 4.79 Å². The predicted octanol–water partition coefficient (Wildman–Crippen LogP) is 2.00. The standard InChI is InChI=1S/C12H13ClN4O/c1-7-11(8(2)17-16-7)6-15-12(18)9-3-10(13)5-14-4-9/h3-5H,6H2,1-2H3,(H,15,18)(H,16,17). The molecule has 2 aromatic rings. The fraction of sp³-hybridized carbons (Fsp3) is 0.250. The highest BCUT2D eigenvalue weighted by Gasteiger charge is 2.10. The van der Waals surface area contributed by atoms with Crippen molar-refractivity contribution in [1.29, 1.82) is 0 Å². The summed E-state index contributed by atoms with van der Waals surface area (Å²) in [4.78, 5) is 15.7. The molecule has 0 spiro atoms. The highest BCUT2D eigenvalue weighted by molar-refractivity contribution is 6.30. The molecule has 0 aliphatic heterocycles. The van der Waals surface area contributed by atoms with Crippen molar-refractivity contribution >= 4 is 17.5 Å². The maximum atomic E-state index is 11.9. The van der Waals surface area contributed by atoms with E-state index in [1.54, 1.807) is 6.07 Å². The number of hydrogen-bond acceptors (Lipinski definition) is 3. The number of hydrogen-bond donors (Lipinski definition) is 2. The van der Waals surface area contributed by atoms with E-state index in [2.05, 4.69) is 20.5 Å². The Bertz CT molecular complexity index is 560. The summed E-state index contributed by atoms with van der Waals surface area (Å²) >= 11 is 5.78. The Hall–Kier alpha value is -1.88. The SMILES string of the molecule is Cc1n[nH]c(C)c1CNC(=O)c1cncc(Cl)c1. The van der Waals surface area contributed by atoms with Crippen molar-refractivity contribution in [1.82, 2.24) is 20.5 Å². The lowest BCUT2D eigenvalue weighted by Crippen LogP contribution is -2.23. The summed E-state index contributed by atoms with van der Waals surface area (Å²) in [6.07, 6.45) is 2.97. The van der Waals surface area contributed by atoms with E-state index in [4.69, 9.17) is 11.6 Å². The van der Waals surface area contributed by atoms with Gasteiger partial charge in [0.2, 0.25) is 0 Å². The number of pyridine rings is 1. The molecule has 2 aromatic heterocycles. The van der Waals surface area contributed by atoms with Crippen LogP contribution in [0, 0.1) is 13.8 Å². The van der Waals surface area contributed by atoms with Crippen molar-refractivity contribution in [3.05, 3.63) is 46.0 Å². The Morgan fingerprint density at radius 1 is 1.44 bits per heavy atom. The molecular weight excluding hydrogens is 252 g/mol. The summed E-state index contributed by atoms with van der Waals surface area (Å²) in [5.74, 6) is -0.204. The number of aromatic amines is 1. The smallest absolute Gasteiger partial charge is 0.253 e. The second-order valence-corrected chi connectivity index (χ2v) is 4.42. The second kappa shape index (κ2) is 5.18. The number of rotatable bonds is 3. The van der Waals surface area contributed by atoms with Crippen LogP contribution in [-0.2, 0) is 6.54 Å². The zero-order valence-corrected chi connectivity index (χ0v) is 10.9. The van der Waals surface area contributed by atoms with Crippen molar-refractivity contribution in [2.45, 2.75) is 20.4 Å². The maximum absolute atomic E-state index is 11.9. The molecule has 5 nitrogen and oxygen atoms in total. The Morgan fingerprint density at radius 3 is 2.83 bits per heavy atom. The molecular formula is C12H13ClN4O. The average Bonchev–Trinajstić information content (AvgIpc) is 2.66. The van der Waals surface area contributed by atoms with E-state index in [0.29, 0.717) is 17.1 Å². The summed E-state index contributed by atoms with van der Waals surface area (Å²) < 4.78 is 0. The molecule has 0 aromatic carbocycles. The van der Waals surface area contributed by atoms with Gasteiger partial charge in [0, 0.05) is 30.2 Å². The maximum Gasteiger partial charge on any atom is 0.253 e. The van der Waals surface area contributed by atoms with Gasteiger partial charge in [0.05, 0.1) is 16.3 Å². The van der Waals surface area contributed by atoms with Gasteiger partial charge in [-0.3, -0.25) is 14.9 Å². The minimum absolute atomic E-state index is 0.204. The minimum atomic E-state index is -0.204. The van der Waals surface area contributed by atoms with Crippen LogP contribution in [-0.4, -0.2) is 21.1 Å². The molecule has 0 unspecified atom stereocenters. The van der Waals surface area contributed by atoms with Crippen LogP contribution in [0.2, 0.25) is 5.02 Å². The first kappa shape index (κ1) is 12.6. The molecule has 94 valence electrons. The van der Waals surface area contributed by atoms with Gasteiger partial charge in [-0.15, -0.1) is 0 Å². The number of aromatic nitrogens is 3. The number of amides is 1. The van der Waals surface area contributed by atoms with Gasteiger partial charge in [0.1, 0.15) is 0 Å². The van der Waals surface area contributed by atoms with Crippen molar-refractivity contribution < 1.29 is 4.79 Å². The van der Waals surface area contributed by atoms with Gasteiger partial charge in [-0.1, -0.05) is 11.6 Å². The van der Waals surface area contributed by atoms with Gasteiger partial charge in [-0.05, 0) is 19.9 Å². The number of carbonyl (C=O) groups is 1. The van der Waals surface area contributed by atoms with Gasteiger partial charge in [-0.25, -0.2) is 0 Å². The van der Waals surface area contributed by atoms with Crippen molar-refractivity contribution in [2.24, 2.45) is 0 Å². The molecule has 0 aliphatic rings. The van der Waals surface area contributed by atoms with Crippen LogP contribution >= 0.6 is 11.6 Å². The largest absolute Gasteiger partial charge is 0.348 e. The fourth-order valence-electron chi connectivity index (χ4n) is 1.64. The Balaban J connectivity index is 2.05. The molecule has 0 bridgehead atoms. The summed E-state index contributed by atoms with van der Waals surface area (Å²) in [7, 11) is 0. The van der Waals surface area contributed by atoms with Crippen LogP contribution < -0.4 is 5.32 Å². The summed E-state index contributed by atoms with van der Waals surface area (Å²) in [6.45, 7) is 4.24. The van der Waals surface area contributed by atoms with Crippen LogP contribution in [0.15, 0.2) is 18.5 Å². The minimum Gasteiger partial charge on any atom is -0.348 e. The highest BCUT2D eigenvalue weighted by Crippen LogP contribution is 2.10. The van der Waals surface area contributed by atoms with Crippen LogP contribution in [0.25, 0.3) is 0 Å². The number of nitrogens with zero attached hydrogens (tertiary/aromatic N) is 2. The number of nitrogens with one attached hydrogen (secondary N) is 2. The first-order valence-electron chi connectivity index (χ1n) is 5.47. The summed E-state index contributed by atoms with van der Waals surface area (Å²) in [6, 6.07) is 1.58. The summed E-state index contributed by atoms with van der Waals surface area (Å²) in [5, 5.41) is 10.2. The van der Waals surface area contributed by atoms with Crippen LogP contribution in [0.5, 0.6) is 0 Å². The highest BCUT2D eigenvalue weighted by atomic mass is 35.5. The quantitative estimate of drug-likeness (QED) is 0.891. The van der Waals surface area contributed by atoms with Gasteiger partial charge in [0.15, 0.2) is 0 Å². The number of aryl methyl sites for hydroxylation is 2. The molecule has 2 rings (SSSR count). The van der Waals surface area contributed by atoms with E-state index < -0.39 is 0 Å². The molecule has 1 amide bonds. The molecule has 0 saturated carbocycles. The third kappa shape index (κ3) is 2.68. The van der Waals surface area contributed by atoms with Gasteiger partial charge in [0.25, 0.3) is 5.91 Å². The van der Waals surface area contributed by atoms with Gasteiger partial charge >= 0.3 is 0 Å². The van der Waals surface area contributed by atoms with Crippen LogP contribution in [0.1, 0.15) is 27.3 Å². The van der Waals surface area contributed by atoms with E-state index in [0.717, 1.165) is 17.0 Å². The van der Waals surface area contributed by atoms with E-state index in [-0.39, 0.29) is 5.91 Å². The first-order chi connectivity index (χ1) is 8.58. The molecule has 0 atom stereocenters. The van der Waals surface area contributed by atoms with Gasteiger partial charge in [-0.2, -0.15) is 5.10 Å². The van der Waals surface area contributed by atoms with E-state index in [1.807, 2.05) is 13.8 Å². The molecule has 2 heterocycles. The molecule has 0 radical (unpaired) electrons.